The lowest BCUT2D eigenvalue weighted by Crippen LogP contribution is -2.34. The van der Waals surface area contributed by atoms with Crippen LogP contribution in [0.3, 0.4) is 0 Å². The van der Waals surface area contributed by atoms with E-state index in [-0.39, 0.29) is 42.7 Å². The number of hydrogen-bond donors (Lipinski definition) is 3. The second-order valence-electron chi connectivity index (χ2n) is 12.1. The Kier molecular flexibility index (Phi) is 9.38. The maximum absolute atomic E-state index is 13.6. The summed E-state index contributed by atoms with van der Waals surface area (Å²) in [6.07, 6.45) is -4.51. The molecule has 1 aliphatic carbocycles. The van der Waals surface area contributed by atoms with Crippen molar-refractivity contribution in [1.82, 2.24) is 24.6 Å². The van der Waals surface area contributed by atoms with Gasteiger partial charge < -0.3 is 25.0 Å². The highest BCUT2D eigenvalue weighted by atomic mass is 35.5. The SMILES string of the molecule is O=C(OC1Cc2c(sc3ncnc(Nc4ccc(OCc5cccc(F)c5)c(Cl)c4)c23)-c2cn(C[C@H](O)CN3CC[C@H](O)C3)nc21)C(F)(F)F. The van der Waals surface area contributed by atoms with Gasteiger partial charge in [0.25, 0.3) is 0 Å². The molecule has 4 heterocycles. The molecule has 3 N–H and O–H groups in total. The van der Waals surface area contributed by atoms with Gasteiger partial charge in [-0.15, -0.1) is 11.3 Å². The molecule has 3 atom stereocenters. The highest BCUT2D eigenvalue weighted by molar-refractivity contribution is 7.22. The number of nitrogens with one attached hydrogen (secondary N) is 1. The number of carbonyl (C=O) groups excluding carboxylic acids is 1. The number of aliphatic hydroxyl groups is 2. The van der Waals surface area contributed by atoms with Gasteiger partial charge in [0.15, 0.2) is 6.10 Å². The van der Waals surface area contributed by atoms with Gasteiger partial charge in [0.2, 0.25) is 0 Å². The fourth-order valence-electron chi connectivity index (χ4n) is 6.19. The zero-order valence-electron chi connectivity index (χ0n) is 26.0. The topological polar surface area (TPSA) is 135 Å². The van der Waals surface area contributed by atoms with E-state index in [1.165, 1.54) is 34.5 Å². The molecule has 50 heavy (non-hydrogen) atoms. The van der Waals surface area contributed by atoms with E-state index in [9.17, 15) is 32.6 Å². The van der Waals surface area contributed by atoms with Crippen LogP contribution in [0.25, 0.3) is 20.7 Å². The van der Waals surface area contributed by atoms with Crippen LogP contribution in [0, 0.1) is 5.82 Å². The number of carbonyl (C=O) groups is 1. The Hall–Kier alpha value is -4.35. The van der Waals surface area contributed by atoms with Crippen LogP contribution >= 0.6 is 22.9 Å². The zero-order chi connectivity index (χ0) is 35.2. The summed E-state index contributed by atoms with van der Waals surface area (Å²) in [5.41, 5.74) is 2.30. The summed E-state index contributed by atoms with van der Waals surface area (Å²) in [6.45, 7) is 1.46. The molecular formula is C33H29ClF4N6O5S. The van der Waals surface area contributed by atoms with E-state index in [2.05, 4.69) is 20.4 Å². The van der Waals surface area contributed by atoms with Crippen LogP contribution in [0.2, 0.25) is 5.02 Å². The molecule has 7 rings (SSSR count). The minimum atomic E-state index is -5.22. The van der Waals surface area contributed by atoms with Crippen LogP contribution in [0.1, 0.15) is 29.3 Å². The predicted octanol–water partition coefficient (Wildman–Crippen LogP) is 5.80. The summed E-state index contributed by atoms with van der Waals surface area (Å²) in [4.78, 5) is 24.0. The van der Waals surface area contributed by atoms with Gasteiger partial charge in [-0.3, -0.25) is 9.58 Å². The standard InChI is InChI=1S/C33H29ClF4N6O5S/c34-24-9-19(4-5-25(24)48-15-17-2-1-3-18(35)8-17)41-30-27-22-10-26(49-32(47)33(36,37)38)28-23(29(22)50-31(27)40-16-39-30)14-44(42-28)13-21(46)12-43-7-6-20(45)11-43/h1-5,8-9,14,16,20-21,26,45-46H,6-7,10-13,15H2,(H,39,40,41)/t20-,21+,26?/m0/s1. The van der Waals surface area contributed by atoms with Crippen LogP contribution in [0.15, 0.2) is 55.0 Å². The maximum atomic E-state index is 13.6. The number of rotatable bonds is 10. The summed E-state index contributed by atoms with van der Waals surface area (Å²) in [6, 6.07) is 11.0. The highest BCUT2D eigenvalue weighted by Gasteiger charge is 2.44. The van der Waals surface area contributed by atoms with Crippen molar-refractivity contribution in [3.63, 3.8) is 0 Å². The first-order valence-corrected chi connectivity index (χ1v) is 16.7. The van der Waals surface area contributed by atoms with Crippen LogP contribution in [0.4, 0.5) is 29.1 Å². The fraction of sp³-hybridized carbons (Fsp3) is 0.333. The number of halogens is 5. The fourth-order valence-corrected chi connectivity index (χ4v) is 7.61. The van der Waals surface area contributed by atoms with E-state index in [1.807, 2.05) is 4.90 Å². The molecular weight excluding hydrogens is 704 g/mol. The Balaban J connectivity index is 1.17. The number of β-amino-alcohol motifs (C(OH)–C–C–N with tert-alkyl or cyclic N) is 2. The molecule has 1 saturated heterocycles. The molecule has 0 saturated carbocycles. The molecule has 2 aliphatic rings. The summed E-state index contributed by atoms with van der Waals surface area (Å²) in [7, 11) is 0. The monoisotopic (exact) mass is 732 g/mol. The molecule has 0 radical (unpaired) electrons. The zero-order valence-corrected chi connectivity index (χ0v) is 27.6. The lowest BCUT2D eigenvalue weighted by molar-refractivity contribution is -0.205. The molecule has 11 nitrogen and oxygen atoms in total. The summed E-state index contributed by atoms with van der Waals surface area (Å²) in [5, 5.41) is 29.0. The van der Waals surface area contributed by atoms with Gasteiger partial charge >= 0.3 is 12.1 Å². The van der Waals surface area contributed by atoms with Crippen molar-refractivity contribution in [3.8, 4) is 16.2 Å². The molecule has 5 aromatic rings. The van der Waals surface area contributed by atoms with Crippen LogP contribution in [-0.2, 0) is 29.1 Å². The molecule has 262 valence electrons. The number of esters is 1. The Morgan fingerprint density at radius 2 is 2.02 bits per heavy atom. The molecule has 1 fully saturated rings. The van der Waals surface area contributed by atoms with Gasteiger partial charge in [-0.2, -0.15) is 18.3 Å². The second kappa shape index (κ2) is 13.8. The number of likely N-dealkylation sites (tertiary alicyclic amines) is 1. The van der Waals surface area contributed by atoms with E-state index < -0.39 is 30.5 Å². The van der Waals surface area contributed by atoms with Gasteiger partial charge in [0, 0.05) is 48.4 Å². The highest BCUT2D eigenvalue weighted by Crippen LogP contribution is 2.49. The minimum absolute atomic E-state index is 0.0229. The number of ether oxygens (including phenoxy) is 2. The van der Waals surface area contributed by atoms with Crippen LogP contribution in [0.5, 0.6) is 5.75 Å². The van der Waals surface area contributed by atoms with E-state index in [1.54, 1.807) is 36.5 Å². The van der Waals surface area contributed by atoms with Crippen LogP contribution in [-0.4, -0.2) is 78.8 Å². The van der Waals surface area contributed by atoms with Crippen molar-refractivity contribution in [2.75, 3.05) is 25.0 Å². The van der Waals surface area contributed by atoms with Gasteiger partial charge in [0.1, 0.15) is 40.8 Å². The van der Waals surface area contributed by atoms with Crippen molar-refractivity contribution >= 4 is 50.6 Å². The first-order valence-electron chi connectivity index (χ1n) is 15.6. The molecule has 1 unspecified atom stereocenters. The number of benzene rings is 2. The van der Waals surface area contributed by atoms with Gasteiger partial charge in [-0.25, -0.2) is 19.2 Å². The molecule has 0 bridgehead atoms. The van der Waals surface area contributed by atoms with Crippen molar-refractivity contribution in [3.05, 3.63) is 82.6 Å². The second-order valence-corrected chi connectivity index (χ2v) is 13.5. The number of hydrogen-bond acceptors (Lipinski definition) is 11. The number of anilines is 2. The van der Waals surface area contributed by atoms with Crippen LogP contribution < -0.4 is 10.1 Å². The maximum Gasteiger partial charge on any atom is 0.490 e. The van der Waals surface area contributed by atoms with Crippen molar-refractivity contribution < 1.29 is 42.0 Å². The Morgan fingerprint density at radius 3 is 2.76 bits per heavy atom. The first kappa shape index (κ1) is 34.1. The van der Waals surface area contributed by atoms with Crippen molar-refractivity contribution in [2.45, 2.75) is 50.5 Å². The van der Waals surface area contributed by atoms with Gasteiger partial charge in [-0.05, 0) is 47.9 Å². The molecule has 17 heteroatoms. The van der Waals surface area contributed by atoms with E-state index in [0.29, 0.717) is 68.5 Å². The molecule has 3 aromatic heterocycles. The number of nitrogens with zero attached hydrogens (tertiary/aromatic N) is 5. The molecule has 0 amide bonds. The van der Waals surface area contributed by atoms with Gasteiger partial charge in [-0.1, -0.05) is 23.7 Å². The number of aliphatic hydroxyl groups excluding tert-OH is 2. The Labute approximate surface area is 291 Å². The summed E-state index contributed by atoms with van der Waals surface area (Å²) < 4.78 is 65.9. The smallest absolute Gasteiger partial charge is 0.487 e. The largest absolute Gasteiger partial charge is 0.490 e. The summed E-state index contributed by atoms with van der Waals surface area (Å²) >= 11 is 7.79. The van der Waals surface area contributed by atoms with E-state index in [0.717, 1.165) is 0 Å². The van der Waals surface area contributed by atoms with Crippen molar-refractivity contribution in [1.29, 1.82) is 0 Å². The normalized spacial score (nSPS) is 18.1. The minimum Gasteiger partial charge on any atom is -0.487 e. The summed E-state index contributed by atoms with van der Waals surface area (Å²) in [5.74, 6) is -2.02. The van der Waals surface area contributed by atoms with Crippen molar-refractivity contribution in [2.24, 2.45) is 0 Å². The average Bonchev–Trinajstić information content (AvgIpc) is 3.77. The van der Waals surface area contributed by atoms with Gasteiger partial charge in [0.05, 0.1) is 29.2 Å². The third kappa shape index (κ3) is 7.25. The predicted molar refractivity (Wildman–Crippen MR) is 176 cm³/mol. The lowest BCUT2D eigenvalue weighted by atomic mass is 9.93. The first-order chi connectivity index (χ1) is 23.9. The lowest BCUT2D eigenvalue weighted by Gasteiger charge is -2.23. The molecule has 2 aromatic carbocycles. The third-order valence-electron chi connectivity index (χ3n) is 8.39. The molecule has 0 spiro atoms. The average molecular weight is 733 g/mol. The third-order valence-corrected chi connectivity index (χ3v) is 9.86. The number of thiophene rings is 1. The Morgan fingerprint density at radius 1 is 1.18 bits per heavy atom. The number of aromatic nitrogens is 4. The Bertz CT molecular complexity index is 2060. The number of fused-ring (bicyclic) bond motifs is 5. The number of alkyl halides is 3. The van der Waals surface area contributed by atoms with E-state index >= 15 is 0 Å². The van der Waals surface area contributed by atoms with E-state index in [4.69, 9.17) is 21.1 Å². The quantitative estimate of drug-likeness (QED) is 0.120. The molecule has 1 aliphatic heterocycles.